The number of nitro benzene ring substituents is 1. The summed E-state index contributed by atoms with van der Waals surface area (Å²) in [6.07, 6.45) is 1.08. The molecule has 0 aromatic heterocycles. The van der Waals surface area contributed by atoms with Crippen molar-refractivity contribution in [1.29, 1.82) is 0 Å². The van der Waals surface area contributed by atoms with Crippen molar-refractivity contribution in [3.05, 3.63) is 64.5 Å². The molecule has 2 aromatic rings. The zero-order valence-electron chi connectivity index (χ0n) is 16.6. The molecule has 30 heavy (non-hydrogen) atoms. The Morgan fingerprint density at radius 1 is 1.20 bits per heavy atom. The van der Waals surface area contributed by atoms with Gasteiger partial charge in [0.25, 0.3) is 5.69 Å². The van der Waals surface area contributed by atoms with Crippen LogP contribution in [0, 0.1) is 21.8 Å². The summed E-state index contributed by atoms with van der Waals surface area (Å²) in [7, 11) is 1.56. The van der Waals surface area contributed by atoms with Crippen molar-refractivity contribution < 1.29 is 18.9 Å². The van der Waals surface area contributed by atoms with Gasteiger partial charge >= 0.3 is 0 Å². The zero-order valence-corrected chi connectivity index (χ0v) is 16.6. The van der Waals surface area contributed by atoms with Gasteiger partial charge in [0.2, 0.25) is 11.8 Å². The van der Waals surface area contributed by atoms with Gasteiger partial charge < -0.3 is 15.1 Å². The van der Waals surface area contributed by atoms with Crippen LogP contribution < -0.4 is 10.2 Å². The third-order valence-corrected chi connectivity index (χ3v) is 5.13. The number of halogens is 1. The summed E-state index contributed by atoms with van der Waals surface area (Å²) in [6, 6.07) is 12.1. The van der Waals surface area contributed by atoms with E-state index in [0.717, 1.165) is 0 Å². The molecule has 1 saturated heterocycles. The minimum Gasteiger partial charge on any atom is -0.366 e. The van der Waals surface area contributed by atoms with Crippen LogP contribution in [0.1, 0.15) is 12.8 Å². The molecule has 2 aromatic carbocycles. The first-order valence-electron chi connectivity index (χ1n) is 9.64. The van der Waals surface area contributed by atoms with Gasteiger partial charge in [-0.1, -0.05) is 18.2 Å². The minimum atomic E-state index is -0.456. The van der Waals surface area contributed by atoms with E-state index >= 15 is 0 Å². The number of rotatable bonds is 6. The number of nitrogens with one attached hydrogen (secondary N) is 1. The van der Waals surface area contributed by atoms with E-state index in [1.54, 1.807) is 31.3 Å². The summed E-state index contributed by atoms with van der Waals surface area (Å²) in [6.45, 7) is 0.898. The highest BCUT2D eigenvalue weighted by atomic mass is 19.1. The number of piperidine rings is 1. The Bertz CT molecular complexity index is 944. The lowest BCUT2D eigenvalue weighted by atomic mass is 9.95. The first kappa shape index (κ1) is 21.2. The van der Waals surface area contributed by atoms with Crippen molar-refractivity contribution in [1.82, 2.24) is 4.90 Å². The number of hydrogen-bond donors (Lipinski definition) is 1. The summed E-state index contributed by atoms with van der Waals surface area (Å²) in [5.74, 6) is -1.26. The molecule has 0 unspecified atom stereocenters. The van der Waals surface area contributed by atoms with Gasteiger partial charge in [-0.15, -0.1) is 0 Å². The number of anilines is 2. The number of nitrogens with zero attached hydrogens (tertiary/aromatic N) is 3. The van der Waals surface area contributed by atoms with Gasteiger partial charge in [0.15, 0.2) is 0 Å². The molecular weight excluding hydrogens is 391 g/mol. The van der Waals surface area contributed by atoms with Gasteiger partial charge in [-0.3, -0.25) is 19.7 Å². The van der Waals surface area contributed by atoms with E-state index in [2.05, 4.69) is 5.32 Å². The van der Waals surface area contributed by atoms with Crippen LogP contribution in [0.4, 0.5) is 21.5 Å². The Hall–Kier alpha value is -3.49. The summed E-state index contributed by atoms with van der Waals surface area (Å²) < 4.78 is 13.2. The Morgan fingerprint density at radius 2 is 1.90 bits per heavy atom. The van der Waals surface area contributed by atoms with E-state index in [4.69, 9.17) is 0 Å². The highest BCUT2D eigenvalue weighted by molar-refractivity contribution is 5.94. The summed E-state index contributed by atoms with van der Waals surface area (Å²) >= 11 is 0. The van der Waals surface area contributed by atoms with E-state index in [1.165, 1.54) is 29.2 Å². The first-order valence-corrected chi connectivity index (χ1v) is 9.64. The van der Waals surface area contributed by atoms with Gasteiger partial charge in [0.05, 0.1) is 11.5 Å². The molecule has 0 spiro atoms. The number of hydrogen-bond acceptors (Lipinski definition) is 5. The van der Waals surface area contributed by atoms with Gasteiger partial charge in [-0.25, -0.2) is 4.39 Å². The van der Waals surface area contributed by atoms with Crippen LogP contribution >= 0.6 is 0 Å². The molecule has 3 rings (SSSR count). The average Bonchev–Trinajstić information content (AvgIpc) is 2.73. The van der Waals surface area contributed by atoms with Crippen LogP contribution in [0.15, 0.2) is 48.5 Å². The van der Waals surface area contributed by atoms with Crippen LogP contribution in [0.25, 0.3) is 0 Å². The largest absolute Gasteiger partial charge is 0.366 e. The second kappa shape index (κ2) is 9.34. The van der Waals surface area contributed by atoms with Crippen molar-refractivity contribution in [2.45, 2.75) is 12.8 Å². The van der Waals surface area contributed by atoms with Crippen molar-refractivity contribution in [3.8, 4) is 0 Å². The molecule has 0 atom stereocenters. The molecule has 1 fully saturated rings. The molecule has 2 amide bonds. The third kappa shape index (κ3) is 5.11. The Morgan fingerprint density at radius 3 is 2.57 bits per heavy atom. The van der Waals surface area contributed by atoms with Gasteiger partial charge in [-0.05, 0) is 37.1 Å². The summed E-state index contributed by atoms with van der Waals surface area (Å²) in [5, 5.41) is 13.8. The molecule has 1 aliphatic heterocycles. The maximum atomic E-state index is 13.2. The Labute approximate surface area is 173 Å². The quantitative estimate of drug-likeness (QED) is 0.579. The highest BCUT2D eigenvalue weighted by Gasteiger charge is 2.30. The molecular formula is C21H23FN4O4. The number of amides is 2. The van der Waals surface area contributed by atoms with E-state index in [9.17, 15) is 24.1 Å². The van der Waals surface area contributed by atoms with Gasteiger partial charge in [0.1, 0.15) is 11.5 Å². The SMILES string of the molecule is CN(CC(=O)Nc1cccc(F)c1)C(=O)C1CCN(c2ccccc2[N+](=O)[O-])CC1. The van der Waals surface area contributed by atoms with Crippen molar-refractivity contribution in [2.75, 3.05) is 36.9 Å². The number of likely N-dealkylation sites (N-methyl/N-ethyl adjacent to an activating group) is 1. The molecule has 1 heterocycles. The normalized spacial score (nSPS) is 14.3. The lowest BCUT2D eigenvalue weighted by Gasteiger charge is -2.34. The van der Waals surface area contributed by atoms with Gasteiger partial charge in [0, 0.05) is 37.8 Å². The maximum absolute atomic E-state index is 13.2. The predicted octanol–water partition coefficient (Wildman–Crippen LogP) is 3.05. The molecule has 8 nitrogen and oxygen atoms in total. The van der Waals surface area contributed by atoms with Crippen LogP contribution in [0.3, 0.4) is 0 Å². The molecule has 0 bridgehead atoms. The topological polar surface area (TPSA) is 95.8 Å². The number of benzene rings is 2. The minimum absolute atomic E-state index is 0.0495. The second-order valence-corrected chi connectivity index (χ2v) is 7.26. The van der Waals surface area contributed by atoms with Gasteiger partial charge in [-0.2, -0.15) is 0 Å². The van der Waals surface area contributed by atoms with Crippen LogP contribution in [0.5, 0.6) is 0 Å². The fraction of sp³-hybridized carbons (Fsp3) is 0.333. The zero-order chi connectivity index (χ0) is 21.7. The summed E-state index contributed by atoms with van der Waals surface area (Å²) in [5.41, 5.74) is 0.934. The van der Waals surface area contributed by atoms with Crippen molar-refractivity contribution in [2.24, 2.45) is 5.92 Å². The second-order valence-electron chi connectivity index (χ2n) is 7.26. The molecule has 9 heteroatoms. The lowest BCUT2D eigenvalue weighted by molar-refractivity contribution is -0.384. The van der Waals surface area contributed by atoms with E-state index in [0.29, 0.717) is 37.3 Å². The predicted molar refractivity (Wildman–Crippen MR) is 111 cm³/mol. The number of carbonyl (C=O) groups excluding carboxylic acids is 2. The first-order chi connectivity index (χ1) is 14.3. The lowest BCUT2D eigenvalue weighted by Crippen LogP contribution is -2.43. The number of nitro groups is 1. The standard InChI is InChI=1S/C21H23FN4O4/c1-24(14-20(27)23-17-6-4-5-16(22)13-17)21(28)15-9-11-25(12-10-15)18-7-2-3-8-19(18)26(29)30/h2-8,13,15H,9-12,14H2,1H3,(H,23,27). The Kier molecular flexibility index (Phi) is 6.61. The van der Waals surface area contributed by atoms with Crippen molar-refractivity contribution >= 4 is 28.9 Å². The van der Waals surface area contributed by atoms with Crippen LogP contribution in [-0.4, -0.2) is 48.3 Å². The average molecular weight is 414 g/mol. The number of carbonyl (C=O) groups is 2. The molecule has 0 saturated carbocycles. The molecule has 1 N–H and O–H groups in total. The number of para-hydroxylation sites is 2. The van der Waals surface area contributed by atoms with Crippen LogP contribution in [-0.2, 0) is 9.59 Å². The highest BCUT2D eigenvalue weighted by Crippen LogP contribution is 2.31. The summed E-state index contributed by atoms with van der Waals surface area (Å²) in [4.78, 5) is 39.0. The van der Waals surface area contributed by atoms with E-state index < -0.39 is 16.6 Å². The molecule has 0 radical (unpaired) electrons. The molecule has 1 aliphatic rings. The molecule has 0 aliphatic carbocycles. The fourth-order valence-corrected chi connectivity index (χ4v) is 3.63. The van der Waals surface area contributed by atoms with Crippen LogP contribution in [0.2, 0.25) is 0 Å². The Balaban J connectivity index is 1.53. The van der Waals surface area contributed by atoms with E-state index in [-0.39, 0.29) is 24.1 Å². The maximum Gasteiger partial charge on any atom is 0.292 e. The van der Waals surface area contributed by atoms with E-state index in [1.807, 2.05) is 4.90 Å². The van der Waals surface area contributed by atoms with Crippen molar-refractivity contribution in [3.63, 3.8) is 0 Å². The molecule has 158 valence electrons. The fourth-order valence-electron chi connectivity index (χ4n) is 3.63. The monoisotopic (exact) mass is 414 g/mol. The third-order valence-electron chi connectivity index (χ3n) is 5.13. The smallest absolute Gasteiger partial charge is 0.292 e.